The minimum atomic E-state index is 0.493. The summed E-state index contributed by atoms with van der Waals surface area (Å²) in [6.07, 6.45) is 0. The molecule has 1 aromatic carbocycles. The van der Waals surface area contributed by atoms with E-state index in [1.165, 1.54) is 0 Å². The van der Waals surface area contributed by atoms with Crippen molar-refractivity contribution >= 4 is 0 Å². The van der Waals surface area contributed by atoms with Gasteiger partial charge in [0.05, 0.1) is 19.8 Å². The standard InChI is InChI=1S/C14H18N4O3/c1-11-15-17-14(18-16-11)12-3-5-13(6-4-12)21-10-9-20-8-7-19-2/h3-6H,7-10H2,1-2H3. The summed E-state index contributed by atoms with van der Waals surface area (Å²) in [6.45, 7) is 3.93. The predicted octanol–water partition coefficient (Wildman–Crippen LogP) is 1.28. The quantitative estimate of drug-likeness (QED) is 0.677. The molecule has 0 aliphatic rings. The zero-order valence-corrected chi connectivity index (χ0v) is 12.2. The van der Waals surface area contributed by atoms with E-state index < -0.39 is 0 Å². The first kappa shape index (κ1) is 15.3. The van der Waals surface area contributed by atoms with Crippen LogP contribution in [0.15, 0.2) is 24.3 Å². The Morgan fingerprint density at radius 2 is 1.52 bits per heavy atom. The van der Waals surface area contributed by atoms with Gasteiger partial charge in [-0.2, -0.15) is 0 Å². The lowest BCUT2D eigenvalue weighted by molar-refractivity contribution is 0.0544. The summed E-state index contributed by atoms with van der Waals surface area (Å²) in [7, 11) is 1.64. The molecule has 0 bridgehead atoms. The lowest BCUT2D eigenvalue weighted by Gasteiger charge is -2.07. The van der Waals surface area contributed by atoms with E-state index in [0.717, 1.165) is 11.3 Å². The number of benzene rings is 1. The molecular formula is C14H18N4O3. The minimum absolute atomic E-state index is 0.493. The number of methoxy groups -OCH3 is 1. The lowest BCUT2D eigenvalue weighted by atomic mass is 10.2. The maximum Gasteiger partial charge on any atom is 0.203 e. The largest absolute Gasteiger partial charge is 0.491 e. The number of nitrogens with zero attached hydrogens (tertiary/aromatic N) is 4. The Morgan fingerprint density at radius 1 is 0.857 bits per heavy atom. The van der Waals surface area contributed by atoms with Crippen LogP contribution in [0.1, 0.15) is 5.82 Å². The van der Waals surface area contributed by atoms with Gasteiger partial charge in [0.1, 0.15) is 12.4 Å². The lowest BCUT2D eigenvalue weighted by Crippen LogP contribution is -2.09. The van der Waals surface area contributed by atoms with Crippen LogP contribution in [0, 0.1) is 6.92 Å². The summed E-state index contributed by atoms with van der Waals surface area (Å²) in [5.74, 6) is 1.81. The van der Waals surface area contributed by atoms with Gasteiger partial charge in [0.25, 0.3) is 0 Å². The topological polar surface area (TPSA) is 79.2 Å². The fraction of sp³-hybridized carbons (Fsp3) is 0.429. The molecule has 0 atom stereocenters. The summed E-state index contributed by atoms with van der Waals surface area (Å²) in [5.41, 5.74) is 0.846. The number of aryl methyl sites for hydroxylation is 1. The Morgan fingerprint density at radius 3 is 2.19 bits per heavy atom. The van der Waals surface area contributed by atoms with E-state index in [-0.39, 0.29) is 0 Å². The first-order chi connectivity index (χ1) is 10.3. The maximum atomic E-state index is 5.56. The minimum Gasteiger partial charge on any atom is -0.491 e. The number of aromatic nitrogens is 4. The molecule has 0 aliphatic heterocycles. The fourth-order valence-electron chi connectivity index (χ4n) is 1.56. The third-order valence-electron chi connectivity index (χ3n) is 2.62. The van der Waals surface area contributed by atoms with Crippen LogP contribution in [0.2, 0.25) is 0 Å². The molecule has 7 heteroatoms. The highest BCUT2D eigenvalue weighted by atomic mass is 16.5. The van der Waals surface area contributed by atoms with E-state index in [1.807, 2.05) is 24.3 Å². The van der Waals surface area contributed by atoms with Gasteiger partial charge in [-0.15, -0.1) is 20.4 Å². The molecule has 21 heavy (non-hydrogen) atoms. The molecule has 112 valence electrons. The van der Waals surface area contributed by atoms with Gasteiger partial charge < -0.3 is 14.2 Å². The summed E-state index contributed by atoms with van der Waals surface area (Å²) in [4.78, 5) is 0. The average Bonchev–Trinajstić information content (AvgIpc) is 2.52. The van der Waals surface area contributed by atoms with Crippen molar-refractivity contribution in [3.63, 3.8) is 0 Å². The molecule has 1 aromatic heterocycles. The molecule has 2 aromatic rings. The van der Waals surface area contributed by atoms with Crippen molar-refractivity contribution in [2.24, 2.45) is 0 Å². The zero-order chi connectivity index (χ0) is 14.9. The van der Waals surface area contributed by atoms with Crippen molar-refractivity contribution in [2.45, 2.75) is 6.92 Å². The second-order valence-corrected chi connectivity index (χ2v) is 4.25. The highest BCUT2D eigenvalue weighted by Crippen LogP contribution is 2.18. The second kappa shape index (κ2) is 8.23. The average molecular weight is 290 g/mol. The molecule has 0 fully saturated rings. The van der Waals surface area contributed by atoms with Crippen molar-refractivity contribution in [1.82, 2.24) is 20.4 Å². The van der Waals surface area contributed by atoms with Crippen molar-refractivity contribution in [2.75, 3.05) is 33.5 Å². The first-order valence-electron chi connectivity index (χ1n) is 6.63. The molecule has 0 saturated heterocycles. The van der Waals surface area contributed by atoms with Crippen LogP contribution in [0.5, 0.6) is 5.75 Å². The van der Waals surface area contributed by atoms with Crippen molar-refractivity contribution in [3.05, 3.63) is 30.1 Å². The normalized spacial score (nSPS) is 10.6. The molecule has 1 heterocycles. The Bertz CT molecular complexity index is 531. The summed E-state index contributed by atoms with van der Waals surface area (Å²) in [6, 6.07) is 7.45. The molecule has 0 N–H and O–H groups in total. The first-order valence-corrected chi connectivity index (χ1v) is 6.63. The van der Waals surface area contributed by atoms with Crippen LogP contribution in [-0.2, 0) is 9.47 Å². The maximum absolute atomic E-state index is 5.56. The Balaban J connectivity index is 1.80. The molecule has 0 saturated carbocycles. The number of hydrogen-bond acceptors (Lipinski definition) is 7. The van der Waals surface area contributed by atoms with Gasteiger partial charge in [0.15, 0.2) is 5.82 Å². The van der Waals surface area contributed by atoms with Crippen molar-refractivity contribution in [3.8, 4) is 17.1 Å². The third-order valence-corrected chi connectivity index (χ3v) is 2.62. The predicted molar refractivity (Wildman–Crippen MR) is 76.0 cm³/mol. The van der Waals surface area contributed by atoms with E-state index in [4.69, 9.17) is 14.2 Å². The van der Waals surface area contributed by atoms with Crippen LogP contribution in [0.4, 0.5) is 0 Å². The van der Waals surface area contributed by atoms with Crippen LogP contribution in [-0.4, -0.2) is 53.9 Å². The molecule has 7 nitrogen and oxygen atoms in total. The van der Waals surface area contributed by atoms with Gasteiger partial charge in [0, 0.05) is 12.7 Å². The molecule has 0 unspecified atom stereocenters. The smallest absolute Gasteiger partial charge is 0.203 e. The van der Waals surface area contributed by atoms with Crippen LogP contribution < -0.4 is 4.74 Å². The SMILES string of the molecule is COCCOCCOc1ccc(-c2nnc(C)nn2)cc1. The molecular weight excluding hydrogens is 272 g/mol. The van der Waals surface area contributed by atoms with Crippen LogP contribution in [0.3, 0.4) is 0 Å². The van der Waals surface area contributed by atoms with Gasteiger partial charge in [-0.1, -0.05) is 0 Å². The monoisotopic (exact) mass is 290 g/mol. The van der Waals surface area contributed by atoms with E-state index in [9.17, 15) is 0 Å². The van der Waals surface area contributed by atoms with Crippen LogP contribution in [0.25, 0.3) is 11.4 Å². The Labute approximate surface area is 123 Å². The van der Waals surface area contributed by atoms with E-state index in [2.05, 4.69) is 20.4 Å². The van der Waals surface area contributed by atoms with Gasteiger partial charge in [0.2, 0.25) is 5.82 Å². The third kappa shape index (κ3) is 5.05. The van der Waals surface area contributed by atoms with E-state index in [1.54, 1.807) is 14.0 Å². The van der Waals surface area contributed by atoms with Crippen molar-refractivity contribution < 1.29 is 14.2 Å². The number of hydrogen-bond donors (Lipinski definition) is 0. The molecule has 0 aliphatic carbocycles. The number of ether oxygens (including phenoxy) is 3. The van der Waals surface area contributed by atoms with Crippen molar-refractivity contribution in [1.29, 1.82) is 0 Å². The zero-order valence-electron chi connectivity index (χ0n) is 12.2. The fourth-order valence-corrected chi connectivity index (χ4v) is 1.56. The summed E-state index contributed by atoms with van der Waals surface area (Å²) >= 11 is 0. The highest BCUT2D eigenvalue weighted by Gasteiger charge is 2.03. The second-order valence-electron chi connectivity index (χ2n) is 4.25. The van der Waals surface area contributed by atoms with Crippen LogP contribution >= 0.6 is 0 Å². The van der Waals surface area contributed by atoms with E-state index >= 15 is 0 Å². The number of rotatable bonds is 8. The summed E-state index contributed by atoms with van der Waals surface area (Å²) < 4.78 is 15.8. The molecule has 0 amide bonds. The Hall–Kier alpha value is -2.12. The van der Waals surface area contributed by atoms with Gasteiger partial charge in [-0.25, -0.2) is 0 Å². The van der Waals surface area contributed by atoms with Gasteiger partial charge >= 0.3 is 0 Å². The molecule has 0 radical (unpaired) electrons. The van der Waals surface area contributed by atoms with Gasteiger partial charge in [-0.3, -0.25) is 0 Å². The Kier molecular flexibility index (Phi) is 5.99. The van der Waals surface area contributed by atoms with Gasteiger partial charge in [-0.05, 0) is 31.2 Å². The molecule has 0 spiro atoms. The molecule has 2 rings (SSSR count). The highest BCUT2D eigenvalue weighted by molar-refractivity contribution is 5.54. The van der Waals surface area contributed by atoms with E-state index in [0.29, 0.717) is 38.1 Å². The summed E-state index contributed by atoms with van der Waals surface area (Å²) in [5, 5.41) is 15.7.